The molecule has 2 rings (SSSR count). The monoisotopic (exact) mass is 202 g/mol. The Labute approximate surface area is 87.5 Å². The first-order chi connectivity index (χ1) is 7.26. The van der Waals surface area contributed by atoms with Crippen molar-refractivity contribution in [1.29, 1.82) is 5.26 Å². The number of pyridine rings is 1. The van der Waals surface area contributed by atoms with E-state index in [0.29, 0.717) is 11.5 Å². The van der Waals surface area contributed by atoms with Crippen LogP contribution in [0.1, 0.15) is 40.4 Å². The molecule has 0 bridgehead atoms. The number of carbonyl (C=O) groups is 1. The fraction of sp³-hybridized carbons (Fsp3) is 0.364. The van der Waals surface area contributed by atoms with Gasteiger partial charge in [-0.1, -0.05) is 0 Å². The van der Waals surface area contributed by atoms with E-state index in [1.807, 2.05) is 6.07 Å². The van der Waals surface area contributed by atoms with Crippen LogP contribution in [0.4, 0.5) is 0 Å². The Morgan fingerprint density at radius 3 is 2.93 bits per heavy atom. The Bertz CT molecular complexity index is 444. The van der Waals surface area contributed by atoms with Gasteiger partial charge in [0.2, 0.25) is 0 Å². The largest absolute Gasteiger partial charge is 0.465 e. The molecule has 0 spiro atoms. The maximum absolute atomic E-state index is 11.4. The van der Waals surface area contributed by atoms with Gasteiger partial charge in [0.25, 0.3) is 0 Å². The summed E-state index contributed by atoms with van der Waals surface area (Å²) in [4.78, 5) is 15.5. The molecule has 1 fully saturated rings. The molecule has 1 heterocycles. The van der Waals surface area contributed by atoms with E-state index in [9.17, 15) is 4.79 Å². The van der Waals surface area contributed by atoms with Crippen LogP contribution in [0.25, 0.3) is 0 Å². The van der Waals surface area contributed by atoms with E-state index < -0.39 is 5.97 Å². The van der Waals surface area contributed by atoms with Crippen LogP contribution in [0.5, 0.6) is 0 Å². The summed E-state index contributed by atoms with van der Waals surface area (Å²) in [5, 5.41) is 8.81. The molecule has 15 heavy (non-hydrogen) atoms. The molecule has 0 unspecified atom stereocenters. The lowest BCUT2D eigenvalue weighted by Crippen LogP contribution is -2.06. The number of ether oxygens (including phenoxy) is 1. The van der Waals surface area contributed by atoms with Crippen molar-refractivity contribution in [2.75, 3.05) is 7.11 Å². The highest BCUT2D eigenvalue weighted by Gasteiger charge is 2.26. The number of nitriles is 1. The van der Waals surface area contributed by atoms with Crippen LogP contribution in [0.15, 0.2) is 12.3 Å². The van der Waals surface area contributed by atoms with Gasteiger partial charge in [0.15, 0.2) is 0 Å². The van der Waals surface area contributed by atoms with Crippen molar-refractivity contribution in [3.8, 4) is 6.07 Å². The highest BCUT2D eigenvalue weighted by molar-refractivity contribution is 5.92. The van der Waals surface area contributed by atoms with Crippen LogP contribution in [0.2, 0.25) is 0 Å². The molecule has 1 aliphatic rings. The van der Waals surface area contributed by atoms with Crippen molar-refractivity contribution in [3.05, 3.63) is 29.1 Å². The van der Waals surface area contributed by atoms with Crippen molar-refractivity contribution in [2.24, 2.45) is 0 Å². The summed E-state index contributed by atoms with van der Waals surface area (Å²) in [6.45, 7) is 0. The van der Waals surface area contributed by atoms with Crippen LogP contribution in [-0.2, 0) is 4.74 Å². The minimum atomic E-state index is -0.476. The van der Waals surface area contributed by atoms with Gasteiger partial charge in [0.1, 0.15) is 6.07 Å². The summed E-state index contributed by atoms with van der Waals surface area (Å²) < 4.78 is 4.62. The van der Waals surface area contributed by atoms with Crippen molar-refractivity contribution in [2.45, 2.75) is 18.8 Å². The van der Waals surface area contributed by atoms with Gasteiger partial charge in [-0.2, -0.15) is 5.26 Å². The Morgan fingerprint density at radius 1 is 1.67 bits per heavy atom. The number of hydrogen-bond donors (Lipinski definition) is 0. The van der Waals surface area contributed by atoms with Crippen LogP contribution in [0.3, 0.4) is 0 Å². The van der Waals surface area contributed by atoms with Crippen LogP contribution >= 0.6 is 0 Å². The third-order valence-corrected chi connectivity index (χ3v) is 2.45. The standard InChI is InChI=1S/C11H10N2O2/c1-15-11(14)9-4-10(7-2-3-7)13-6-8(9)5-12/h4,6-7H,2-3H2,1H3. The maximum Gasteiger partial charge on any atom is 0.339 e. The fourth-order valence-corrected chi connectivity index (χ4v) is 1.44. The molecule has 0 atom stereocenters. The van der Waals surface area contributed by atoms with Gasteiger partial charge in [0, 0.05) is 17.8 Å². The molecule has 1 aliphatic carbocycles. The number of hydrogen-bond acceptors (Lipinski definition) is 4. The summed E-state index contributed by atoms with van der Waals surface area (Å²) in [5.41, 5.74) is 1.47. The first-order valence-electron chi connectivity index (χ1n) is 4.74. The summed E-state index contributed by atoms with van der Waals surface area (Å²) in [5.74, 6) is -0.0167. The molecular formula is C11H10N2O2. The molecule has 4 nitrogen and oxygen atoms in total. The minimum absolute atomic E-state index is 0.270. The Balaban J connectivity index is 2.43. The summed E-state index contributed by atoms with van der Waals surface area (Å²) >= 11 is 0. The maximum atomic E-state index is 11.4. The lowest BCUT2D eigenvalue weighted by Gasteiger charge is -2.03. The smallest absolute Gasteiger partial charge is 0.339 e. The summed E-state index contributed by atoms with van der Waals surface area (Å²) in [6, 6.07) is 3.60. The van der Waals surface area contributed by atoms with Crippen molar-refractivity contribution >= 4 is 5.97 Å². The molecule has 4 heteroatoms. The molecule has 0 aliphatic heterocycles. The van der Waals surface area contributed by atoms with Gasteiger partial charge in [-0.15, -0.1) is 0 Å². The first-order valence-corrected chi connectivity index (χ1v) is 4.74. The molecule has 0 amide bonds. The van der Waals surface area contributed by atoms with E-state index in [2.05, 4.69) is 9.72 Å². The average Bonchev–Trinajstić information content (AvgIpc) is 3.11. The molecule has 1 aromatic heterocycles. The first kappa shape index (κ1) is 9.66. The highest BCUT2D eigenvalue weighted by atomic mass is 16.5. The van der Waals surface area contributed by atoms with Gasteiger partial charge in [0.05, 0.1) is 18.2 Å². The third-order valence-electron chi connectivity index (χ3n) is 2.45. The number of methoxy groups -OCH3 is 1. The van der Waals surface area contributed by atoms with Crippen LogP contribution < -0.4 is 0 Å². The minimum Gasteiger partial charge on any atom is -0.465 e. The molecular weight excluding hydrogens is 192 g/mol. The van der Waals surface area contributed by atoms with Gasteiger partial charge in [-0.05, 0) is 18.9 Å². The quantitative estimate of drug-likeness (QED) is 0.683. The fourth-order valence-electron chi connectivity index (χ4n) is 1.44. The van der Waals surface area contributed by atoms with Gasteiger partial charge in [-0.25, -0.2) is 4.79 Å². The third kappa shape index (κ3) is 1.82. The average molecular weight is 202 g/mol. The predicted octanol–water partition coefficient (Wildman–Crippen LogP) is 1.62. The zero-order valence-electron chi connectivity index (χ0n) is 8.36. The highest BCUT2D eigenvalue weighted by Crippen LogP contribution is 2.39. The van der Waals surface area contributed by atoms with Crippen molar-refractivity contribution < 1.29 is 9.53 Å². The summed E-state index contributed by atoms with van der Waals surface area (Å²) in [7, 11) is 1.31. The summed E-state index contributed by atoms with van der Waals surface area (Å²) in [6.07, 6.45) is 3.67. The van der Waals surface area contributed by atoms with E-state index >= 15 is 0 Å². The van der Waals surface area contributed by atoms with E-state index in [1.54, 1.807) is 6.07 Å². The number of carbonyl (C=O) groups excluding carboxylic acids is 1. The Kier molecular flexibility index (Phi) is 2.38. The van der Waals surface area contributed by atoms with Gasteiger partial charge >= 0.3 is 5.97 Å². The molecule has 1 saturated carbocycles. The predicted molar refractivity (Wildman–Crippen MR) is 52.3 cm³/mol. The SMILES string of the molecule is COC(=O)c1cc(C2CC2)ncc1C#N. The normalized spacial score (nSPS) is 14.4. The molecule has 0 radical (unpaired) electrons. The van der Waals surface area contributed by atoms with Crippen LogP contribution in [0, 0.1) is 11.3 Å². The zero-order chi connectivity index (χ0) is 10.8. The second kappa shape index (κ2) is 3.70. The van der Waals surface area contributed by atoms with Crippen LogP contribution in [-0.4, -0.2) is 18.1 Å². The number of aromatic nitrogens is 1. The Morgan fingerprint density at radius 2 is 2.40 bits per heavy atom. The van der Waals surface area contributed by atoms with Crippen molar-refractivity contribution in [3.63, 3.8) is 0 Å². The lowest BCUT2D eigenvalue weighted by atomic mass is 10.1. The van der Waals surface area contributed by atoms with E-state index in [0.717, 1.165) is 18.5 Å². The topological polar surface area (TPSA) is 63.0 Å². The second-order valence-corrected chi connectivity index (χ2v) is 3.53. The molecule has 0 N–H and O–H groups in total. The lowest BCUT2D eigenvalue weighted by molar-refractivity contribution is 0.0600. The zero-order valence-corrected chi connectivity index (χ0v) is 8.36. The van der Waals surface area contributed by atoms with Gasteiger partial charge in [-0.3, -0.25) is 4.98 Å². The number of rotatable bonds is 2. The molecule has 76 valence electrons. The number of esters is 1. The van der Waals surface area contributed by atoms with E-state index in [1.165, 1.54) is 13.3 Å². The molecule has 1 aromatic rings. The second-order valence-electron chi connectivity index (χ2n) is 3.53. The van der Waals surface area contributed by atoms with Crippen molar-refractivity contribution in [1.82, 2.24) is 4.98 Å². The van der Waals surface area contributed by atoms with Gasteiger partial charge < -0.3 is 4.74 Å². The van der Waals surface area contributed by atoms with E-state index in [4.69, 9.17) is 5.26 Å². The molecule has 0 saturated heterocycles. The number of nitrogens with zero attached hydrogens (tertiary/aromatic N) is 2. The molecule has 0 aromatic carbocycles. The van der Waals surface area contributed by atoms with E-state index in [-0.39, 0.29) is 5.56 Å². The Hall–Kier alpha value is -1.89.